The Bertz CT molecular complexity index is 1310. The molecule has 36 heavy (non-hydrogen) atoms. The van der Waals surface area contributed by atoms with E-state index in [9.17, 15) is 18.8 Å². The molecule has 1 aliphatic heterocycles. The van der Waals surface area contributed by atoms with Crippen molar-refractivity contribution in [1.29, 1.82) is 0 Å². The average Bonchev–Trinajstić information content (AvgIpc) is 3.68. The molecule has 2 N–H and O–H groups in total. The standard InChI is InChI=1S/C28H25FIN3O3/c1-16(17-5-3-2-4-6-17)25(26(34)31-23-14-13-21(30)15-22(23)29)33-27(35)24(32-28(33)36)20-11-9-19(10-12-20)18-7-8-18/h2-6,9-16,18,24-25H,7-8H2,1H3,(H,31,34)(H,32,36)/t16-,24?,25-/m0/s1. The highest BCUT2D eigenvalue weighted by Crippen LogP contribution is 2.40. The van der Waals surface area contributed by atoms with Crippen LogP contribution in [0.15, 0.2) is 72.8 Å². The highest BCUT2D eigenvalue weighted by Gasteiger charge is 2.47. The zero-order valence-electron chi connectivity index (χ0n) is 19.6. The fourth-order valence-corrected chi connectivity index (χ4v) is 5.12. The van der Waals surface area contributed by atoms with E-state index < -0.39 is 41.7 Å². The smallest absolute Gasteiger partial charge is 0.322 e. The third-order valence-electron chi connectivity index (χ3n) is 6.82. The molecule has 3 aromatic carbocycles. The Morgan fingerprint density at radius 1 is 1.03 bits per heavy atom. The van der Waals surface area contributed by atoms with Crippen LogP contribution in [0.25, 0.3) is 0 Å². The molecule has 3 atom stereocenters. The average molecular weight is 597 g/mol. The summed E-state index contributed by atoms with van der Waals surface area (Å²) in [6.07, 6.45) is 2.34. The predicted molar refractivity (Wildman–Crippen MR) is 143 cm³/mol. The lowest BCUT2D eigenvalue weighted by molar-refractivity contribution is -0.134. The van der Waals surface area contributed by atoms with E-state index in [0.29, 0.717) is 15.1 Å². The summed E-state index contributed by atoms with van der Waals surface area (Å²) in [6, 6.07) is 18.6. The number of carbonyl (C=O) groups is 3. The summed E-state index contributed by atoms with van der Waals surface area (Å²) in [7, 11) is 0. The first kappa shape index (κ1) is 24.4. The third-order valence-corrected chi connectivity index (χ3v) is 7.50. The summed E-state index contributed by atoms with van der Waals surface area (Å²) in [5.74, 6) is -1.70. The van der Waals surface area contributed by atoms with Gasteiger partial charge in [-0.05, 0) is 76.2 Å². The molecule has 4 amide bonds. The quantitative estimate of drug-likeness (QED) is 0.271. The molecule has 3 aromatic rings. The number of urea groups is 1. The van der Waals surface area contributed by atoms with Crippen LogP contribution in [0.3, 0.4) is 0 Å². The topological polar surface area (TPSA) is 78.5 Å². The molecule has 2 fully saturated rings. The molecule has 1 unspecified atom stereocenters. The van der Waals surface area contributed by atoms with E-state index in [1.165, 1.54) is 30.5 Å². The van der Waals surface area contributed by atoms with E-state index >= 15 is 0 Å². The number of nitrogens with zero attached hydrogens (tertiary/aromatic N) is 1. The molecule has 184 valence electrons. The lowest BCUT2D eigenvalue weighted by Crippen LogP contribution is -2.50. The lowest BCUT2D eigenvalue weighted by atomic mass is 9.91. The van der Waals surface area contributed by atoms with Gasteiger partial charge < -0.3 is 10.6 Å². The minimum absolute atomic E-state index is 0.00931. The normalized spacial score (nSPS) is 19.1. The molecule has 0 spiro atoms. The van der Waals surface area contributed by atoms with E-state index in [1.54, 1.807) is 13.0 Å². The summed E-state index contributed by atoms with van der Waals surface area (Å²) in [5.41, 5.74) is 2.65. The highest BCUT2D eigenvalue weighted by atomic mass is 127. The van der Waals surface area contributed by atoms with Gasteiger partial charge in [0.05, 0.1) is 5.69 Å². The van der Waals surface area contributed by atoms with Crippen molar-refractivity contribution in [2.24, 2.45) is 0 Å². The summed E-state index contributed by atoms with van der Waals surface area (Å²) in [4.78, 5) is 41.3. The monoisotopic (exact) mass is 597 g/mol. The number of anilines is 1. The maximum atomic E-state index is 14.5. The van der Waals surface area contributed by atoms with E-state index in [0.717, 1.165) is 10.5 Å². The first-order valence-electron chi connectivity index (χ1n) is 11.9. The van der Waals surface area contributed by atoms with Crippen LogP contribution in [0.5, 0.6) is 0 Å². The molecule has 6 nitrogen and oxygen atoms in total. The second-order valence-corrected chi connectivity index (χ2v) is 10.5. The Hall–Kier alpha value is -3.27. The van der Waals surface area contributed by atoms with Crippen molar-refractivity contribution < 1.29 is 18.8 Å². The molecule has 8 heteroatoms. The van der Waals surface area contributed by atoms with Crippen molar-refractivity contribution in [3.8, 4) is 0 Å². The molecule has 5 rings (SSSR count). The number of nitrogens with one attached hydrogen (secondary N) is 2. The van der Waals surface area contributed by atoms with Crippen molar-refractivity contribution >= 4 is 46.1 Å². The minimum Gasteiger partial charge on any atom is -0.322 e. The molecule has 0 bridgehead atoms. The summed E-state index contributed by atoms with van der Waals surface area (Å²) in [5, 5.41) is 5.34. The van der Waals surface area contributed by atoms with Gasteiger partial charge in [-0.15, -0.1) is 0 Å². The van der Waals surface area contributed by atoms with Crippen LogP contribution in [0.4, 0.5) is 14.9 Å². The van der Waals surface area contributed by atoms with Crippen LogP contribution in [-0.4, -0.2) is 28.8 Å². The molecule has 0 radical (unpaired) electrons. The SMILES string of the molecule is C[C@@H](c1ccccc1)[C@@H](C(=O)Nc1ccc(I)cc1F)N1C(=O)NC(c2ccc(C3CC3)cc2)C1=O. The third kappa shape index (κ3) is 4.86. The van der Waals surface area contributed by atoms with E-state index in [-0.39, 0.29) is 5.69 Å². The van der Waals surface area contributed by atoms with Crippen LogP contribution < -0.4 is 10.6 Å². The number of imide groups is 1. The summed E-state index contributed by atoms with van der Waals surface area (Å²) in [6.45, 7) is 1.78. The van der Waals surface area contributed by atoms with Crippen LogP contribution in [0.2, 0.25) is 0 Å². The van der Waals surface area contributed by atoms with Crippen molar-refractivity contribution in [2.45, 2.75) is 43.7 Å². The fraction of sp³-hybridized carbons (Fsp3) is 0.250. The van der Waals surface area contributed by atoms with Crippen molar-refractivity contribution in [3.05, 3.63) is 98.9 Å². The number of hydrogen-bond acceptors (Lipinski definition) is 3. The van der Waals surface area contributed by atoms with Crippen LogP contribution in [0.1, 0.15) is 54.3 Å². The van der Waals surface area contributed by atoms with E-state index in [2.05, 4.69) is 10.6 Å². The van der Waals surface area contributed by atoms with Gasteiger partial charge in [0, 0.05) is 9.49 Å². The molecule has 0 aromatic heterocycles. The fourth-order valence-electron chi connectivity index (χ4n) is 4.66. The first-order chi connectivity index (χ1) is 17.3. The minimum atomic E-state index is -1.19. The Labute approximate surface area is 222 Å². The molecular weight excluding hydrogens is 572 g/mol. The van der Waals surface area contributed by atoms with Gasteiger partial charge in [-0.25, -0.2) is 14.1 Å². The van der Waals surface area contributed by atoms with Gasteiger partial charge in [0.25, 0.3) is 5.91 Å². The maximum Gasteiger partial charge on any atom is 0.325 e. The van der Waals surface area contributed by atoms with Crippen LogP contribution >= 0.6 is 22.6 Å². The number of rotatable bonds is 7. The molecular formula is C28H25FIN3O3. The van der Waals surface area contributed by atoms with Crippen LogP contribution in [-0.2, 0) is 9.59 Å². The lowest BCUT2D eigenvalue weighted by Gasteiger charge is -2.30. The number of hydrogen-bond donors (Lipinski definition) is 2. The number of amides is 4. The van der Waals surface area contributed by atoms with Gasteiger partial charge in [0.2, 0.25) is 5.91 Å². The Morgan fingerprint density at radius 3 is 2.33 bits per heavy atom. The molecule has 2 aliphatic rings. The Morgan fingerprint density at radius 2 is 1.69 bits per heavy atom. The van der Waals surface area contributed by atoms with Gasteiger partial charge in [0.1, 0.15) is 17.9 Å². The largest absolute Gasteiger partial charge is 0.325 e. The van der Waals surface area contributed by atoms with Gasteiger partial charge >= 0.3 is 6.03 Å². The number of carbonyl (C=O) groups excluding carboxylic acids is 3. The van der Waals surface area contributed by atoms with Crippen LogP contribution in [0, 0.1) is 9.39 Å². The molecule has 1 aliphatic carbocycles. The highest BCUT2D eigenvalue weighted by molar-refractivity contribution is 14.1. The summed E-state index contributed by atoms with van der Waals surface area (Å²) >= 11 is 1.98. The van der Waals surface area contributed by atoms with Crippen molar-refractivity contribution in [1.82, 2.24) is 10.2 Å². The van der Waals surface area contributed by atoms with E-state index in [4.69, 9.17) is 0 Å². The molecule has 1 saturated heterocycles. The number of halogens is 2. The Balaban J connectivity index is 1.46. The predicted octanol–water partition coefficient (Wildman–Crippen LogP) is 5.71. The van der Waals surface area contributed by atoms with Gasteiger partial charge in [0.15, 0.2) is 0 Å². The van der Waals surface area contributed by atoms with E-state index in [1.807, 2.05) is 77.2 Å². The van der Waals surface area contributed by atoms with Gasteiger partial charge in [-0.1, -0.05) is 61.5 Å². The number of benzene rings is 3. The zero-order valence-corrected chi connectivity index (χ0v) is 21.7. The van der Waals surface area contributed by atoms with Crippen molar-refractivity contribution in [3.63, 3.8) is 0 Å². The maximum absolute atomic E-state index is 14.5. The van der Waals surface area contributed by atoms with Gasteiger partial charge in [-0.3, -0.25) is 9.59 Å². The molecule has 1 saturated carbocycles. The van der Waals surface area contributed by atoms with Gasteiger partial charge in [-0.2, -0.15) is 0 Å². The second-order valence-electron chi connectivity index (χ2n) is 9.29. The summed E-state index contributed by atoms with van der Waals surface area (Å²) < 4.78 is 15.2. The zero-order chi connectivity index (χ0) is 25.4. The first-order valence-corrected chi connectivity index (χ1v) is 13.0. The second kappa shape index (κ2) is 10.0. The molecule has 1 heterocycles. The Kier molecular flexibility index (Phi) is 6.79. The van der Waals surface area contributed by atoms with Crippen molar-refractivity contribution in [2.75, 3.05) is 5.32 Å².